The van der Waals surface area contributed by atoms with E-state index in [0.29, 0.717) is 0 Å². The van der Waals surface area contributed by atoms with Crippen LogP contribution in [0.2, 0.25) is 0 Å². The molecule has 0 unspecified atom stereocenters. The van der Waals surface area contributed by atoms with Crippen LogP contribution in [0.3, 0.4) is 0 Å². The smallest absolute Gasteiger partial charge is 0.342 e. The highest BCUT2D eigenvalue weighted by atomic mass is 32.2. The molecule has 0 fully saturated rings. The van der Waals surface area contributed by atoms with E-state index in [0.717, 1.165) is 31.9 Å². The molecule has 0 atom stereocenters. The van der Waals surface area contributed by atoms with Crippen molar-refractivity contribution in [1.29, 1.82) is 0 Å². The number of phenolic OH excluding ortho intramolecular Hbond substituents is 1. The minimum atomic E-state index is -0.746. The van der Waals surface area contributed by atoms with Crippen molar-refractivity contribution in [2.24, 2.45) is 0 Å². The maximum absolute atomic E-state index is 13.1. The molecule has 1 N–H and O–H groups in total. The number of anilines is 2. The third-order valence-electron chi connectivity index (χ3n) is 5.09. The van der Waals surface area contributed by atoms with Crippen molar-refractivity contribution in [3.05, 3.63) is 90.5 Å². The summed E-state index contributed by atoms with van der Waals surface area (Å²) in [7, 11) is 0. The summed E-state index contributed by atoms with van der Waals surface area (Å²) in [5.74, 6) is -1.29. The Morgan fingerprint density at radius 3 is 2.00 bits per heavy atom. The van der Waals surface area contributed by atoms with Gasteiger partial charge in [0.2, 0.25) is 0 Å². The van der Waals surface area contributed by atoms with E-state index >= 15 is 0 Å². The molecule has 4 aromatic rings. The molecule has 0 aliphatic carbocycles. The number of hydrogen-bond donors (Lipinski definition) is 1. The van der Waals surface area contributed by atoms with Gasteiger partial charge in [0.1, 0.15) is 11.3 Å². The number of rotatable bonds is 3. The van der Waals surface area contributed by atoms with Gasteiger partial charge in [-0.2, -0.15) is 0 Å². The Morgan fingerprint density at radius 1 is 0.806 bits per heavy atom. The van der Waals surface area contributed by atoms with E-state index < -0.39 is 12.6 Å². The second-order valence-corrected chi connectivity index (χ2v) is 8.14. The van der Waals surface area contributed by atoms with Crippen molar-refractivity contribution in [3.63, 3.8) is 0 Å². The molecule has 1 heterocycles. The van der Waals surface area contributed by atoms with Crippen LogP contribution >= 0.6 is 11.8 Å². The van der Waals surface area contributed by atoms with Gasteiger partial charge in [-0.05, 0) is 47.2 Å². The van der Waals surface area contributed by atoms with Crippen LogP contribution in [0.4, 0.5) is 11.4 Å². The number of amides is 1. The minimum absolute atomic E-state index is 0.0292. The summed E-state index contributed by atoms with van der Waals surface area (Å²) in [6.45, 7) is -0.446. The molecule has 0 spiro atoms. The van der Waals surface area contributed by atoms with Crippen LogP contribution in [-0.2, 0) is 9.53 Å². The first-order valence-electron chi connectivity index (χ1n) is 9.69. The predicted octanol–water partition coefficient (Wildman–Crippen LogP) is 5.53. The van der Waals surface area contributed by atoms with E-state index in [4.69, 9.17) is 4.74 Å². The number of phenols is 1. The fourth-order valence-electron chi connectivity index (χ4n) is 3.63. The summed E-state index contributed by atoms with van der Waals surface area (Å²) in [4.78, 5) is 29.2. The summed E-state index contributed by atoms with van der Waals surface area (Å²) < 4.78 is 5.31. The van der Waals surface area contributed by atoms with E-state index in [2.05, 4.69) is 0 Å². The molecule has 0 aromatic heterocycles. The van der Waals surface area contributed by atoms with Gasteiger partial charge in [0.25, 0.3) is 5.91 Å². The van der Waals surface area contributed by atoms with Gasteiger partial charge >= 0.3 is 5.97 Å². The van der Waals surface area contributed by atoms with Crippen LogP contribution in [0.5, 0.6) is 5.75 Å². The van der Waals surface area contributed by atoms with Crippen LogP contribution in [0.25, 0.3) is 10.8 Å². The lowest BCUT2D eigenvalue weighted by Crippen LogP contribution is -2.32. The number of ether oxygens (including phenoxy) is 1. The number of esters is 1. The van der Waals surface area contributed by atoms with Gasteiger partial charge in [-0.15, -0.1) is 0 Å². The molecule has 152 valence electrons. The molecular formula is C25H17NO4S. The zero-order valence-corrected chi connectivity index (χ0v) is 17.1. The zero-order chi connectivity index (χ0) is 21.4. The summed E-state index contributed by atoms with van der Waals surface area (Å²) in [6.07, 6.45) is 0. The van der Waals surface area contributed by atoms with E-state index in [1.165, 1.54) is 6.07 Å². The molecular weight excluding hydrogens is 410 g/mol. The third-order valence-corrected chi connectivity index (χ3v) is 6.22. The van der Waals surface area contributed by atoms with Crippen LogP contribution in [0.1, 0.15) is 10.4 Å². The first kappa shape index (κ1) is 19.2. The normalized spacial score (nSPS) is 12.2. The topological polar surface area (TPSA) is 66.8 Å². The van der Waals surface area contributed by atoms with E-state index in [1.54, 1.807) is 22.7 Å². The molecule has 31 heavy (non-hydrogen) atoms. The van der Waals surface area contributed by atoms with Crippen molar-refractivity contribution in [3.8, 4) is 5.75 Å². The monoisotopic (exact) mass is 427 g/mol. The first-order valence-corrected chi connectivity index (χ1v) is 10.5. The van der Waals surface area contributed by atoms with Crippen molar-refractivity contribution in [2.75, 3.05) is 11.5 Å². The molecule has 5 rings (SSSR count). The maximum atomic E-state index is 13.1. The molecule has 0 saturated carbocycles. The summed E-state index contributed by atoms with van der Waals surface area (Å²) in [5, 5.41) is 11.9. The number of aromatic hydroxyl groups is 1. The fourth-order valence-corrected chi connectivity index (χ4v) is 4.69. The van der Waals surface area contributed by atoms with Crippen molar-refractivity contribution < 1.29 is 19.4 Å². The molecule has 0 bridgehead atoms. The molecule has 4 aromatic carbocycles. The maximum Gasteiger partial charge on any atom is 0.342 e. The Bertz CT molecular complexity index is 1290. The van der Waals surface area contributed by atoms with Gasteiger partial charge in [0.05, 0.1) is 11.4 Å². The zero-order valence-electron chi connectivity index (χ0n) is 16.3. The molecule has 0 saturated heterocycles. The van der Waals surface area contributed by atoms with Gasteiger partial charge in [-0.1, -0.05) is 60.3 Å². The van der Waals surface area contributed by atoms with Gasteiger partial charge in [-0.25, -0.2) is 4.79 Å². The van der Waals surface area contributed by atoms with Crippen LogP contribution in [0.15, 0.2) is 94.7 Å². The second kappa shape index (κ2) is 7.81. The number of hydrogen-bond acceptors (Lipinski definition) is 5. The first-order chi connectivity index (χ1) is 15.1. The number of benzene rings is 4. The fraction of sp³-hybridized carbons (Fsp3) is 0.0400. The van der Waals surface area contributed by atoms with Gasteiger partial charge < -0.3 is 9.84 Å². The summed E-state index contributed by atoms with van der Waals surface area (Å²) >= 11 is 1.59. The molecule has 1 aliphatic rings. The van der Waals surface area contributed by atoms with Crippen LogP contribution in [-0.4, -0.2) is 23.6 Å². The predicted molar refractivity (Wildman–Crippen MR) is 120 cm³/mol. The number of carbonyl (C=O) groups is 2. The largest absolute Gasteiger partial charge is 0.507 e. The highest BCUT2D eigenvalue weighted by molar-refractivity contribution is 7.99. The van der Waals surface area contributed by atoms with Crippen LogP contribution in [0, 0.1) is 0 Å². The Labute approximate surface area is 182 Å². The lowest BCUT2D eigenvalue weighted by Gasteiger charge is -2.30. The van der Waals surface area contributed by atoms with E-state index in [-0.39, 0.29) is 17.2 Å². The van der Waals surface area contributed by atoms with Crippen molar-refractivity contribution >= 4 is 45.8 Å². The molecule has 6 heteroatoms. The molecule has 1 amide bonds. The molecule has 1 aliphatic heterocycles. The van der Waals surface area contributed by atoms with Gasteiger partial charge in [0.15, 0.2) is 6.61 Å². The Morgan fingerprint density at radius 2 is 1.35 bits per heavy atom. The van der Waals surface area contributed by atoms with E-state index in [1.807, 2.05) is 72.8 Å². The lowest BCUT2D eigenvalue weighted by atomic mass is 10.1. The Balaban J connectivity index is 1.40. The number of para-hydroxylation sites is 2. The summed E-state index contributed by atoms with van der Waals surface area (Å²) in [6, 6.07) is 25.7. The average molecular weight is 427 g/mol. The SMILES string of the molecule is O=C(OCC(=O)N1c2ccccc2Sc2ccccc21)c1cc2ccccc2cc1O. The summed E-state index contributed by atoms with van der Waals surface area (Å²) in [5.41, 5.74) is 1.53. The third kappa shape index (κ3) is 3.51. The number of fused-ring (bicyclic) bond motifs is 3. The number of nitrogens with zero attached hydrogens (tertiary/aromatic N) is 1. The average Bonchev–Trinajstić information content (AvgIpc) is 2.80. The lowest BCUT2D eigenvalue weighted by molar-refractivity contribution is -0.121. The second-order valence-electron chi connectivity index (χ2n) is 7.06. The standard InChI is InChI=1S/C25H17NO4S/c27-21-14-17-8-2-1-7-16(17)13-18(21)25(29)30-15-24(28)26-19-9-3-5-11-22(19)31-23-12-6-4-10-20(23)26/h1-14,27H,15H2. The molecule has 0 radical (unpaired) electrons. The van der Waals surface area contributed by atoms with Gasteiger partial charge in [-0.3, -0.25) is 9.69 Å². The Hall–Kier alpha value is -3.77. The highest BCUT2D eigenvalue weighted by Crippen LogP contribution is 2.47. The van der Waals surface area contributed by atoms with Crippen molar-refractivity contribution in [1.82, 2.24) is 0 Å². The van der Waals surface area contributed by atoms with Crippen LogP contribution < -0.4 is 4.90 Å². The Kier molecular flexibility index (Phi) is 4.84. The molecule has 5 nitrogen and oxygen atoms in total. The van der Waals surface area contributed by atoms with E-state index in [9.17, 15) is 14.7 Å². The van der Waals surface area contributed by atoms with Gasteiger partial charge in [0, 0.05) is 9.79 Å². The quantitative estimate of drug-likeness (QED) is 0.435. The minimum Gasteiger partial charge on any atom is -0.507 e. The van der Waals surface area contributed by atoms with Crippen molar-refractivity contribution in [2.45, 2.75) is 9.79 Å². The highest BCUT2D eigenvalue weighted by Gasteiger charge is 2.28. The number of carbonyl (C=O) groups excluding carboxylic acids is 2.